The van der Waals surface area contributed by atoms with E-state index in [1.165, 1.54) is 18.2 Å². The Bertz CT molecular complexity index is 631. The van der Waals surface area contributed by atoms with Crippen molar-refractivity contribution in [1.29, 1.82) is 0 Å². The third-order valence-corrected chi connectivity index (χ3v) is 4.82. The van der Waals surface area contributed by atoms with Crippen LogP contribution in [0.2, 0.25) is 5.02 Å². The van der Waals surface area contributed by atoms with Gasteiger partial charge in [-0.3, -0.25) is 4.79 Å². The van der Waals surface area contributed by atoms with E-state index < -0.39 is 10.0 Å². The number of piperidine rings is 1. The van der Waals surface area contributed by atoms with Gasteiger partial charge in [0.1, 0.15) is 4.90 Å². The second-order valence-corrected chi connectivity index (χ2v) is 7.13. The highest BCUT2D eigenvalue weighted by atomic mass is 35.5. The third-order valence-electron chi connectivity index (χ3n) is 3.43. The second-order valence-electron chi connectivity index (χ2n) is 5.19. The predicted octanol–water partition coefficient (Wildman–Crippen LogP) is 1.86. The molecule has 1 aliphatic rings. The molecule has 110 valence electrons. The fraction of sp³-hybridized carbons (Fsp3) is 0.462. The summed E-state index contributed by atoms with van der Waals surface area (Å²) in [6, 6.07) is 4.17. The smallest absolute Gasteiger partial charge is 0.253 e. The lowest BCUT2D eigenvalue weighted by atomic mass is 9.99. The van der Waals surface area contributed by atoms with Gasteiger partial charge in [-0.25, -0.2) is 13.6 Å². The number of benzene rings is 1. The molecule has 0 saturated carbocycles. The maximum Gasteiger partial charge on any atom is 0.253 e. The van der Waals surface area contributed by atoms with Crippen LogP contribution in [-0.4, -0.2) is 32.3 Å². The minimum absolute atomic E-state index is 0.0241. The van der Waals surface area contributed by atoms with Crippen LogP contribution in [0.15, 0.2) is 23.1 Å². The van der Waals surface area contributed by atoms with E-state index >= 15 is 0 Å². The number of hydrogen-bond donors (Lipinski definition) is 1. The highest BCUT2D eigenvalue weighted by Crippen LogP contribution is 2.24. The summed E-state index contributed by atoms with van der Waals surface area (Å²) in [5, 5.41) is 5.11. The summed E-state index contributed by atoms with van der Waals surface area (Å²) >= 11 is 5.81. The minimum atomic E-state index is -3.93. The Morgan fingerprint density at radius 2 is 2.15 bits per heavy atom. The molecule has 1 heterocycles. The molecular formula is C13H17ClN2O3S. The zero-order valence-electron chi connectivity index (χ0n) is 11.2. The van der Waals surface area contributed by atoms with E-state index in [1.54, 1.807) is 4.90 Å². The molecule has 7 heteroatoms. The van der Waals surface area contributed by atoms with Gasteiger partial charge >= 0.3 is 0 Å². The van der Waals surface area contributed by atoms with Gasteiger partial charge in [-0.2, -0.15) is 0 Å². The lowest BCUT2D eigenvalue weighted by Crippen LogP contribution is -2.39. The summed E-state index contributed by atoms with van der Waals surface area (Å²) in [6.07, 6.45) is 2.06. The Kier molecular flexibility index (Phi) is 4.36. The molecule has 1 saturated heterocycles. The van der Waals surface area contributed by atoms with Crippen LogP contribution in [0.4, 0.5) is 0 Å². The Balaban J connectivity index is 2.31. The first-order chi connectivity index (χ1) is 9.29. The molecule has 0 aliphatic carbocycles. The van der Waals surface area contributed by atoms with Crippen molar-refractivity contribution in [1.82, 2.24) is 4.90 Å². The van der Waals surface area contributed by atoms with Crippen LogP contribution in [0.25, 0.3) is 0 Å². The molecule has 5 nitrogen and oxygen atoms in total. The molecule has 1 fully saturated rings. The van der Waals surface area contributed by atoms with E-state index in [9.17, 15) is 13.2 Å². The molecule has 1 amide bonds. The number of carbonyl (C=O) groups is 1. The number of halogens is 1. The maximum absolute atomic E-state index is 12.4. The van der Waals surface area contributed by atoms with Crippen LogP contribution in [0.5, 0.6) is 0 Å². The van der Waals surface area contributed by atoms with E-state index in [4.69, 9.17) is 16.7 Å². The molecule has 20 heavy (non-hydrogen) atoms. The number of amides is 1. The zero-order chi connectivity index (χ0) is 14.9. The van der Waals surface area contributed by atoms with Crippen LogP contribution in [0.1, 0.15) is 30.1 Å². The fourth-order valence-corrected chi connectivity index (χ4v) is 3.48. The van der Waals surface area contributed by atoms with Crippen LogP contribution < -0.4 is 5.14 Å². The highest BCUT2D eigenvalue weighted by Gasteiger charge is 2.23. The Morgan fingerprint density at radius 3 is 2.75 bits per heavy atom. The average molecular weight is 317 g/mol. The van der Waals surface area contributed by atoms with Gasteiger partial charge in [-0.1, -0.05) is 18.5 Å². The van der Waals surface area contributed by atoms with E-state index in [0.717, 1.165) is 12.8 Å². The van der Waals surface area contributed by atoms with Crippen LogP contribution in [0, 0.1) is 5.92 Å². The summed E-state index contributed by atoms with van der Waals surface area (Å²) in [7, 11) is -3.93. The van der Waals surface area contributed by atoms with Crippen molar-refractivity contribution in [3.05, 3.63) is 28.8 Å². The number of hydrogen-bond acceptors (Lipinski definition) is 3. The van der Waals surface area contributed by atoms with E-state index in [0.29, 0.717) is 24.6 Å². The topological polar surface area (TPSA) is 80.5 Å². The lowest BCUT2D eigenvalue weighted by molar-refractivity contribution is 0.0683. The number of sulfonamides is 1. The van der Waals surface area contributed by atoms with Crippen molar-refractivity contribution < 1.29 is 13.2 Å². The molecule has 0 bridgehead atoms. The largest absolute Gasteiger partial charge is 0.338 e. The maximum atomic E-state index is 12.4. The molecule has 1 aromatic carbocycles. The summed E-state index contributed by atoms with van der Waals surface area (Å²) < 4.78 is 22.9. The molecule has 0 aromatic heterocycles. The number of nitrogens with two attached hydrogens (primary N) is 1. The van der Waals surface area contributed by atoms with Gasteiger partial charge in [0.2, 0.25) is 10.0 Å². The number of likely N-dealkylation sites (tertiary alicyclic amines) is 1. The molecular weight excluding hydrogens is 300 g/mol. The van der Waals surface area contributed by atoms with Crippen molar-refractivity contribution in [3.63, 3.8) is 0 Å². The van der Waals surface area contributed by atoms with Crippen molar-refractivity contribution in [3.8, 4) is 0 Å². The monoisotopic (exact) mass is 316 g/mol. The Labute approximate surface area is 123 Å². The standard InChI is InChI=1S/C13H17ClN2O3S/c1-9-3-2-6-16(8-9)13(17)10-4-5-11(14)12(7-10)20(15,18)19/h4-5,7,9H,2-3,6,8H2,1H3,(H2,15,18,19)/t9-/m0/s1. The third kappa shape index (κ3) is 3.31. The molecule has 0 spiro atoms. The Morgan fingerprint density at radius 1 is 1.45 bits per heavy atom. The van der Waals surface area contributed by atoms with Crippen molar-refractivity contribution in [2.75, 3.05) is 13.1 Å². The van der Waals surface area contributed by atoms with Gasteiger partial charge in [0.05, 0.1) is 5.02 Å². The molecule has 1 aliphatic heterocycles. The number of nitrogens with zero attached hydrogens (tertiary/aromatic N) is 1. The van der Waals surface area contributed by atoms with Gasteiger partial charge < -0.3 is 4.90 Å². The first-order valence-corrected chi connectivity index (χ1v) is 8.33. The van der Waals surface area contributed by atoms with Crippen molar-refractivity contribution in [2.24, 2.45) is 11.1 Å². The molecule has 1 aromatic rings. The fourth-order valence-electron chi connectivity index (χ4n) is 2.41. The van der Waals surface area contributed by atoms with Crippen LogP contribution in [0.3, 0.4) is 0 Å². The van der Waals surface area contributed by atoms with Gasteiger partial charge in [-0.15, -0.1) is 0 Å². The van der Waals surface area contributed by atoms with Crippen molar-refractivity contribution in [2.45, 2.75) is 24.7 Å². The quantitative estimate of drug-likeness (QED) is 0.904. The summed E-state index contributed by atoms with van der Waals surface area (Å²) in [6.45, 7) is 3.47. The van der Waals surface area contributed by atoms with Gasteiger partial charge in [0, 0.05) is 18.7 Å². The first kappa shape index (κ1) is 15.3. The molecule has 1 atom stereocenters. The van der Waals surface area contributed by atoms with Crippen molar-refractivity contribution >= 4 is 27.5 Å². The zero-order valence-corrected chi connectivity index (χ0v) is 12.7. The average Bonchev–Trinajstić information content (AvgIpc) is 2.37. The molecule has 2 rings (SSSR count). The second kappa shape index (κ2) is 5.71. The Hall–Kier alpha value is -1.11. The van der Waals surface area contributed by atoms with E-state index in [1.807, 2.05) is 0 Å². The van der Waals surface area contributed by atoms with Crippen LogP contribution >= 0.6 is 11.6 Å². The number of primary sulfonamides is 1. The summed E-state index contributed by atoms with van der Waals surface area (Å²) in [5.41, 5.74) is 0.299. The lowest BCUT2D eigenvalue weighted by Gasteiger charge is -2.31. The van der Waals surface area contributed by atoms with E-state index in [-0.39, 0.29) is 15.8 Å². The normalized spacial score (nSPS) is 19.9. The summed E-state index contributed by atoms with van der Waals surface area (Å²) in [4.78, 5) is 13.9. The predicted molar refractivity (Wildman–Crippen MR) is 77.1 cm³/mol. The van der Waals surface area contributed by atoms with Gasteiger partial charge in [0.15, 0.2) is 0 Å². The minimum Gasteiger partial charge on any atom is -0.338 e. The number of rotatable bonds is 2. The molecule has 0 unspecified atom stereocenters. The van der Waals surface area contributed by atoms with E-state index in [2.05, 4.69) is 6.92 Å². The molecule has 2 N–H and O–H groups in total. The molecule has 0 radical (unpaired) electrons. The highest BCUT2D eigenvalue weighted by molar-refractivity contribution is 7.89. The number of carbonyl (C=O) groups excluding carboxylic acids is 1. The van der Waals surface area contributed by atoms with Gasteiger partial charge in [0.25, 0.3) is 5.91 Å². The van der Waals surface area contributed by atoms with Gasteiger partial charge in [-0.05, 0) is 37.0 Å². The SMILES string of the molecule is C[C@H]1CCCN(C(=O)c2ccc(Cl)c(S(N)(=O)=O)c2)C1. The summed E-state index contributed by atoms with van der Waals surface area (Å²) in [5.74, 6) is 0.274. The van der Waals surface area contributed by atoms with Crippen LogP contribution in [-0.2, 0) is 10.0 Å². The first-order valence-electron chi connectivity index (χ1n) is 6.40.